The highest BCUT2D eigenvalue weighted by Gasteiger charge is 2.46. The summed E-state index contributed by atoms with van der Waals surface area (Å²) in [5.41, 5.74) is 4.74. The number of aliphatic hydroxyl groups excluding tert-OH is 1. The Bertz CT molecular complexity index is 955. The normalized spacial score (nSPS) is 23.2. The van der Waals surface area contributed by atoms with Gasteiger partial charge in [-0.15, -0.1) is 0 Å². The SMILES string of the molecule is C[C@]1(COC(=O)OCCCCCC(=O)O)O[C@@H](n2cnc3c(N)nc(F)nc32)C[C@@H]1O. The minimum atomic E-state index is -1.24. The molecule has 1 aliphatic rings. The average Bonchev–Trinajstić information content (AvgIpc) is 3.24. The minimum absolute atomic E-state index is 0.0661. The van der Waals surface area contributed by atoms with E-state index in [0.29, 0.717) is 19.3 Å². The number of nitrogens with zero attached hydrogens (tertiary/aromatic N) is 4. The Kier molecular flexibility index (Phi) is 6.85. The second-order valence-corrected chi connectivity index (χ2v) is 7.43. The molecule has 0 bridgehead atoms. The molecule has 2 aromatic rings. The summed E-state index contributed by atoms with van der Waals surface area (Å²) in [5, 5.41) is 19.0. The van der Waals surface area contributed by atoms with Crippen molar-refractivity contribution < 1.29 is 38.4 Å². The van der Waals surface area contributed by atoms with Crippen molar-refractivity contribution in [3.63, 3.8) is 0 Å². The van der Waals surface area contributed by atoms with Crippen LogP contribution in [0.3, 0.4) is 0 Å². The van der Waals surface area contributed by atoms with Gasteiger partial charge in [0.15, 0.2) is 17.0 Å². The molecular weight excluding hydrogens is 417 g/mol. The maximum Gasteiger partial charge on any atom is 0.508 e. The van der Waals surface area contributed by atoms with Gasteiger partial charge >= 0.3 is 18.2 Å². The highest BCUT2D eigenvalue weighted by Crippen LogP contribution is 2.38. The third kappa shape index (κ3) is 5.35. The first-order valence-corrected chi connectivity index (χ1v) is 9.72. The van der Waals surface area contributed by atoms with Crippen LogP contribution in [0.5, 0.6) is 0 Å². The number of anilines is 1. The van der Waals surface area contributed by atoms with E-state index >= 15 is 0 Å². The molecule has 0 spiro atoms. The summed E-state index contributed by atoms with van der Waals surface area (Å²) in [6, 6.07) is 0. The lowest BCUT2D eigenvalue weighted by Gasteiger charge is -2.26. The second kappa shape index (κ2) is 9.39. The highest BCUT2D eigenvalue weighted by molar-refractivity contribution is 5.81. The summed E-state index contributed by atoms with van der Waals surface area (Å²) in [4.78, 5) is 33.4. The molecular formula is C18H24FN5O7. The van der Waals surface area contributed by atoms with E-state index in [1.165, 1.54) is 10.9 Å². The smallest absolute Gasteiger partial charge is 0.481 e. The molecule has 1 aliphatic heterocycles. The minimum Gasteiger partial charge on any atom is -0.481 e. The summed E-state index contributed by atoms with van der Waals surface area (Å²) in [6.07, 6.45) is -0.517. The standard InChI is InChI=1S/C18H24FN5O7/c1-18(8-30-17(28)29-6-4-2-3-5-12(26)27)10(25)7-11(31-18)24-9-21-13-14(20)22-16(19)23-15(13)24/h9-11,25H,2-8H2,1H3,(H,26,27)(H2,20,22,23)/t10-,11+,18+/m0/s1. The molecule has 0 unspecified atom stereocenters. The molecule has 2 aromatic heterocycles. The number of imidazole rings is 1. The lowest BCUT2D eigenvalue weighted by Crippen LogP contribution is -2.41. The van der Waals surface area contributed by atoms with E-state index in [4.69, 9.17) is 25.1 Å². The van der Waals surface area contributed by atoms with Crippen molar-refractivity contribution in [3.05, 3.63) is 12.4 Å². The van der Waals surface area contributed by atoms with Gasteiger partial charge in [-0.25, -0.2) is 9.78 Å². The van der Waals surface area contributed by atoms with Gasteiger partial charge in [0.05, 0.1) is 19.0 Å². The number of carboxylic acid groups (broad SMARTS) is 1. The molecule has 3 heterocycles. The van der Waals surface area contributed by atoms with Gasteiger partial charge in [-0.1, -0.05) is 0 Å². The van der Waals surface area contributed by atoms with Crippen molar-refractivity contribution in [2.75, 3.05) is 18.9 Å². The van der Waals surface area contributed by atoms with Crippen LogP contribution in [0.25, 0.3) is 11.2 Å². The Hall–Kier alpha value is -3.06. The number of aliphatic hydroxyl groups is 1. The zero-order chi connectivity index (χ0) is 22.6. The Morgan fingerprint density at radius 3 is 2.87 bits per heavy atom. The fraction of sp³-hybridized carbons (Fsp3) is 0.611. The van der Waals surface area contributed by atoms with Gasteiger partial charge in [-0.3, -0.25) is 9.36 Å². The maximum absolute atomic E-state index is 13.6. The molecule has 3 rings (SSSR count). The number of rotatable bonds is 9. The topological polar surface area (TPSA) is 172 Å². The third-order valence-corrected chi connectivity index (χ3v) is 5.00. The molecule has 3 atom stereocenters. The molecule has 1 saturated heterocycles. The van der Waals surface area contributed by atoms with Crippen molar-refractivity contribution in [1.29, 1.82) is 0 Å². The number of nitrogens with two attached hydrogens (primary N) is 1. The monoisotopic (exact) mass is 441 g/mol. The van der Waals surface area contributed by atoms with E-state index in [-0.39, 0.29) is 43.0 Å². The van der Waals surface area contributed by atoms with Gasteiger partial charge in [0, 0.05) is 12.8 Å². The highest BCUT2D eigenvalue weighted by atomic mass is 19.1. The Morgan fingerprint density at radius 1 is 1.35 bits per heavy atom. The molecule has 0 saturated carbocycles. The van der Waals surface area contributed by atoms with Gasteiger partial charge in [0.25, 0.3) is 0 Å². The van der Waals surface area contributed by atoms with Crippen molar-refractivity contribution in [3.8, 4) is 0 Å². The Balaban J connectivity index is 1.52. The van der Waals surface area contributed by atoms with E-state index in [1.54, 1.807) is 6.92 Å². The molecule has 170 valence electrons. The molecule has 0 radical (unpaired) electrons. The van der Waals surface area contributed by atoms with E-state index < -0.39 is 36.1 Å². The number of unbranched alkanes of at least 4 members (excludes halogenated alkanes) is 2. The van der Waals surface area contributed by atoms with E-state index in [1.807, 2.05) is 0 Å². The maximum atomic E-state index is 13.6. The summed E-state index contributed by atoms with van der Waals surface area (Å²) < 4.78 is 30.9. The van der Waals surface area contributed by atoms with E-state index in [2.05, 4.69) is 15.0 Å². The Morgan fingerprint density at radius 2 is 2.13 bits per heavy atom. The number of carboxylic acids is 1. The van der Waals surface area contributed by atoms with Gasteiger partial charge < -0.3 is 30.2 Å². The van der Waals surface area contributed by atoms with Gasteiger partial charge in [-0.2, -0.15) is 14.4 Å². The first-order valence-electron chi connectivity index (χ1n) is 9.72. The predicted octanol–water partition coefficient (Wildman–Crippen LogP) is 1.38. The first kappa shape index (κ1) is 22.6. The molecule has 0 aromatic carbocycles. The average molecular weight is 441 g/mol. The number of ether oxygens (including phenoxy) is 3. The predicted molar refractivity (Wildman–Crippen MR) is 102 cm³/mol. The number of aliphatic carboxylic acids is 1. The zero-order valence-electron chi connectivity index (χ0n) is 16.9. The number of fused-ring (bicyclic) bond motifs is 1. The number of hydrogen-bond donors (Lipinski definition) is 3. The van der Waals surface area contributed by atoms with Crippen LogP contribution in [-0.2, 0) is 19.0 Å². The molecule has 13 heteroatoms. The number of carbonyl (C=O) groups excluding carboxylic acids is 1. The summed E-state index contributed by atoms with van der Waals surface area (Å²) in [7, 11) is 0. The number of carbonyl (C=O) groups is 2. The largest absolute Gasteiger partial charge is 0.508 e. The number of hydrogen-bond acceptors (Lipinski definition) is 10. The van der Waals surface area contributed by atoms with Crippen LogP contribution in [0.15, 0.2) is 6.33 Å². The molecule has 31 heavy (non-hydrogen) atoms. The zero-order valence-corrected chi connectivity index (χ0v) is 16.9. The van der Waals surface area contributed by atoms with Crippen LogP contribution in [-0.4, -0.2) is 66.8 Å². The second-order valence-electron chi connectivity index (χ2n) is 7.43. The van der Waals surface area contributed by atoms with Gasteiger partial charge in [-0.05, 0) is 26.2 Å². The van der Waals surface area contributed by atoms with Gasteiger partial charge in [0.1, 0.15) is 18.4 Å². The fourth-order valence-corrected chi connectivity index (χ4v) is 3.25. The number of nitrogen functional groups attached to an aromatic ring is 1. The molecule has 4 N–H and O–H groups in total. The van der Waals surface area contributed by atoms with Crippen molar-refractivity contribution in [2.24, 2.45) is 0 Å². The van der Waals surface area contributed by atoms with E-state index in [0.717, 1.165) is 0 Å². The van der Waals surface area contributed by atoms with Crippen LogP contribution in [0, 0.1) is 6.08 Å². The summed E-state index contributed by atoms with van der Waals surface area (Å²) in [5.74, 6) is -0.983. The quantitative estimate of drug-likeness (QED) is 0.291. The van der Waals surface area contributed by atoms with Crippen LogP contribution in [0.4, 0.5) is 15.0 Å². The van der Waals surface area contributed by atoms with Crippen molar-refractivity contribution in [1.82, 2.24) is 19.5 Å². The van der Waals surface area contributed by atoms with Crippen LogP contribution < -0.4 is 5.73 Å². The molecule has 1 fully saturated rings. The lowest BCUT2D eigenvalue weighted by atomic mass is 10.0. The third-order valence-electron chi connectivity index (χ3n) is 5.00. The fourth-order valence-electron chi connectivity index (χ4n) is 3.25. The van der Waals surface area contributed by atoms with E-state index in [9.17, 15) is 19.1 Å². The number of halogens is 1. The van der Waals surface area contributed by atoms with Crippen molar-refractivity contribution >= 4 is 29.1 Å². The van der Waals surface area contributed by atoms with Crippen LogP contribution in [0.2, 0.25) is 0 Å². The Labute approximate surface area is 176 Å². The lowest BCUT2D eigenvalue weighted by molar-refractivity contribution is -0.137. The molecule has 0 amide bonds. The molecule has 0 aliphatic carbocycles. The van der Waals surface area contributed by atoms with Gasteiger partial charge in [0.2, 0.25) is 0 Å². The van der Waals surface area contributed by atoms with Crippen LogP contribution in [0.1, 0.15) is 45.3 Å². The summed E-state index contributed by atoms with van der Waals surface area (Å²) >= 11 is 0. The first-order chi connectivity index (χ1) is 14.7. The number of aromatic nitrogens is 4. The summed E-state index contributed by atoms with van der Waals surface area (Å²) in [6.45, 7) is 1.38. The van der Waals surface area contributed by atoms with Crippen LogP contribution >= 0.6 is 0 Å². The van der Waals surface area contributed by atoms with Crippen molar-refractivity contribution in [2.45, 2.75) is 57.0 Å². The molecule has 12 nitrogen and oxygen atoms in total.